The summed E-state index contributed by atoms with van der Waals surface area (Å²) in [4.78, 5) is 28.0. The molecular formula is C20H29N3O2. The van der Waals surface area contributed by atoms with Crippen molar-refractivity contribution in [2.75, 3.05) is 26.7 Å². The SMILES string of the molecule is CC(C)C(=O)N1CCCC(NC(=O)N(C)C/C=C/c2ccccc2)C1. The number of nitrogens with zero attached hydrogens (tertiary/aromatic N) is 2. The van der Waals surface area contributed by atoms with Crippen LogP contribution in [0.3, 0.4) is 0 Å². The third-order valence-electron chi connectivity index (χ3n) is 4.39. The van der Waals surface area contributed by atoms with Crippen molar-refractivity contribution in [3.05, 3.63) is 42.0 Å². The van der Waals surface area contributed by atoms with E-state index >= 15 is 0 Å². The predicted octanol–water partition coefficient (Wildman–Crippen LogP) is 2.99. The van der Waals surface area contributed by atoms with Gasteiger partial charge in [0.2, 0.25) is 5.91 Å². The highest BCUT2D eigenvalue weighted by atomic mass is 16.2. The number of amides is 3. The standard InChI is InChI=1S/C20H29N3O2/c1-16(2)19(24)23-14-8-12-18(15-23)21-20(25)22(3)13-7-11-17-9-5-4-6-10-17/h4-7,9-11,16,18H,8,12-15H2,1-3H3,(H,21,25)/b11-7+. The van der Waals surface area contributed by atoms with Gasteiger partial charge >= 0.3 is 6.03 Å². The lowest BCUT2D eigenvalue weighted by molar-refractivity contribution is -0.135. The largest absolute Gasteiger partial charge is 0.340 e. The molecule has 1 unspecified atom stereocenters. The first-order chi connectivity index (χ1) is 12.0. The molecule has 1 aromatic carbocycles. The van der Waals surface area contributed by atoms with E-state index in [0.717, 1.165) is 24.9 Å². The van der Waals surface area contributed by atoms with Crippen LogP contribution in [-0.4, -0.2) is 54.5 Å². The smallest absolute Gasteiger partial charge is 0.317 e. The summed E-state index contributed by atoms with van der Waals surface area (Å²) in [5.41, 5.74) is 1.12. The van der Waals surface area contributed by atoms with Gasteiger partial charge in [-0.2, -0.15) is 0 Å². The van der Waals surface area contributed by atoms with Gasteiger partial charge in [0.25, 0.3) is 0 Å². The van der Waals surface area contributed by atoms with Crippen LogP contribution in [0.25, 0.3) is 6.08 Å². The minimum atomic E-state index is -0.0958. The van der Waals surface area contributed by atoms with Gasteiger partial charge < -0.3 is 15.1 Å². The Morgan fingerprint density at radius 2 is 2.04 bits per heavy atom. The molecule has 0 aliphatic carbocycles. The van der Waals surface area contributed by atoms with Crippen LogP contribution in [0.15, 0.2) is 36.4 Å². The van der Waals surface area contributed by atoms with Gasteiger partial charge in [-0.3, -0.25) is 4.79 Å². The third kappa shape index (κ3) is 5.93. The molecular weight excluding hydrogens is 314 g/mol. The summed E-state index contributed by atoms with van der Waals surface area (Å²) in [7, 11) is 1.78. The van der Waals surface area contributed by atoms with E-state index in [2.05, 4.69) is 5.32 Å². The predicted molar refractivity (Wildman–Crippen MR) is 101 cm³/mol. The molecule has 1 atom stereocenters. The summed E-state index contributed by atoms with van der Waals surface area (Å²) in [6.45, 7) is 5.77. The fraction of sp³-hybridized carbons (Fsp3) is 0.500. The number of hydrogen-bond acceptors (Lipinski definition) is 2. The molecule has 5 heteroatoms. The van der Waals surface area contributed by atoms with E-state index in [9.17, 15) is 9.59 Å². The van der Waals surface area contributed by atoms with Crippen molar-refractivity contribution in [1.29, 1.82) is 0 Å². The fourth-order valence-electron chi connectivity index (χ4n) is 2.94. The van der Waals surface area contributed by atoms with Crippen LogP contribution in [0, 0.1) is 5.92 Å². The van der Waals surface area contributed by atoms with Gasteiger partial charge in [0.15, 0.2) is 0 Å². The first kappa shape index (κ1) is 19.0. The molecule has 1 heterocycles. The van der Waals surface area contributed by atoms with E-state index in [1.165, 1.54) is 0 Å². The first-order valence-electron chi connectivity index (χ1n) is 8.99. The highest BCUT2D eigenvalue weighted by molar-refractivity contribution is 5.78. The first-order valence-corrected chi connectivity index (χ1v) is 8.99. The number of urea groups is 1. The molecule has 0 spiro atoms. The molecule has 1 aromatic rings. The molecule has 3 amide bonds. The molecule has 0 bridgehead atoms. The lowest BCUT2D eigenvalue weighted by atomic mass is 10.0. The Kier molecular flexibility index (Phi) is 7.04. The highest BCUT2D eigenvalue weighted by Gasteiger charge is 2.26. The second-order valence-electron chi connectivity index (χ2n) is 6.92. The number of likely N-dealkylation sites (N-methyl/N-ethyl adjacent to an activating group) is 1. The van der Waals surface area contributed by atoms with Gasteiger partial charge in [0.05, 0.1) is 0 Å². The van der Waals surface area contributed by atoms with Gasteiger partial charge in [0, 0.05) is 38.6 Å². The fourth-order valence-corrected chi connectivity index (χ4v) is 2.94. The second kappa shape index (κ2) is 9.25. The quantitative estimate of drug-likeness (QED) is 0.893. The van der Waals surface area contributed by atoms with Crippen LogP contribution in [0.2, 0.25) is 0 Å². The van der Waals surface area contributed by atoms with Crippen molar-refractivity contribution >= 4 is 18.0 Å². The zero-order chi connectivity index (χ0) is 18.2. The topological polar surface area (TPSA) is 52.7 Å². The number of likely N-dealkylation sites (tertiary alicyclic amines) is 1. The van der Waals surface area contributed by atoms with E-state index < -0.39 is 0 Å². The molecule has 1 fully saturated rings. The molecule has 0 saturated carbocycles. The summed E-state index contributed by atoms with van der Waals surface area (Å²) < 4.78 is 0. The van der Waals surface area contributed by atoms with Crippen molar-refractivity contribution < 1.29 is 9.59 Å². The number of nitrogens with one attached hydrogen (secondary N) is 1. The Bertz CT molecular complexity index is 598. The van der Waals surface area contributed by atoms with Crippen LogP contribution in [-0.2, 0) is 4.79 Å². The van der Waals surface area contributed by atoms with Crippen molar-refractivity contribution in [3.63, 3.8) is 0 Å². The maximum Gasteiger partial charge on any atom is 0.317 e. The van der Waals surface area contributed by atoms with Gasteiger partial charge in [-0.25, -0.2) is 4.79 Å². The molecule has 136 valence electrons. The maximum atomic E-state index is 12.3. The Balaban J connectivity index is 1.80. The molecule has 1 saturated heterocycles. The number of benzene rings is 1. The summed E-state index contributed by atoms with van der Waals surface area (Å²) in [6, 6.07) is 9.95. The normalized spacial score (nSPS) is 17.8. The summed E-state index contributed by atoms with van der Waals surface area (Å²) in [6.07, 6.45) is 5.83. The third-order valence-corrected chi connectivity index (χ3v) is 4.39. The average molecular weight is 343 g/mol. The van der Waals surface area contributed by atoms with Gasteiger partial charge in [-0.05, 0) is 18.4 Å². The summed E-state index contributed by atoms with van der Waals surface area (Å²) in [5.74, 6) is 0.165. The zero-order valence-corrected chi connectivity index (χ0v) is 15.4. The number of rotatable bonds is 5. The number of piperidine rings is 1. The molecule has 5 nitrogen and oxygen atoms in total. The molecule has 25 heavy (non-hydrogen) atoms. The van der Waals surface area contributed by atoms with Gasteiger partial charge in [-0.15, -0.1) is 0 Å². The van der Waals surface area contributed by atoms with E-state index in [1.807, 2.05) is 61.2 Å². The van der Waals surface area contributed by atoms with Crippen molar-refractivity contribution in [1.82, 2.24) is 15.1 Å². The molecule has 1 aliphatic rings. The number of carbonyl (C=O) groups is 2. The molecule has 1 N–H and O–H groups in total. The molecule has 0 radical (unpaired) electrons. The Labute approximate surface area is 150 Å². The van der Waals surface area contributed by atoms with Crippen LogP contribution in [0.4, 0.5) is 4.79 Å². The lowest BCUT2D eigenvalue weighted by Crippen LogP contribution is -2.52. The molecule has 0 aromatic heterocycles. The molecule has 2 rings (SSSR count). The minimum absolute atomic E-state index is 0.000230. The van der Waals surface area contributed by atoms with Gasteiger partial charge in [0.1, 0.15) is 0 Å². The van der Waals surface area contributed by atoms with Crippen LogP contribution >= 0.6 is 0 Å². The Morgan fingerprint density at radius 3 is 2.72 bits per heavy atom. The Morgan fingerprint density at radius 1 is 1.32 bits per heavy atom. The van der Waals surface area contributed by atoms with E-state index in [4.69, 9.17) is 0 Å². The average Bonchev–Trinajstić information content (AvgIpc) is 2.62. The van der Waals surface area contributed by atoms with Crippen LogP contribution < -0.4 is 5.32 Å². The minimum Gasteiger partial charge on any atom is -0.340 e. The van der Waals surface area contributed by atoms with Crippen molar-refractivity contribution in [3.8, 4) is 0 Å². The molecule has 1 aliphatic heterocycles. The van der Waals surface area contributed by atoms with Gasteiger partial charge in [-0.1, -0.05) is 56.3 Å². The zero-order valence-electron chi connectivity index (χ0n) is 15.4. The maximum absolute atomic E-state index is 12.3. The lowest BCUT2D eigenvalue weighted by Gasteiger charge is -2.34. The van der Waals surface area contributed by atoms with Crippen LogP contribution in [0.1, 0.15) is 32.3 Å². The summed E-state index contributed by atoms with van der Waals surface area (Å²) in [5, 5.41) is 3.05. The Hall–Kier alpha value is -2.30. The number of carbonyl (C=O) groups excluding carboxylic acids is 2. The van der Waals surface area contributed by atoms with E-state index in [0.29, 0.717) is 13.1 Å². The van der Waals surface area contributed by atoms with E-state index in [1.54, 1.807) is 11.9 Å². The highest BCUT2D eigenvalue weighted by Crippen LogP contribution is 2.13. The summed E-state index contributed by atoms with van der Waals surface area (Å²) >= 11 is 0. The van der Waals surface area contributed by atoms with E-state index in [-0.39, 0.29) is 23.9 Å². The van der Waals surface area contributed by atoms with Crippen LogP contribution in [0.5, 0.6) is 0 Å². The monoisotopic (exact) mass is 343 g/mol. The number of hydrogen-bond donors (Lipinski definition) is 1. The van der Waals surface area contributed by atoms with Crippen molar-refractivity contribution in [2.45, 2.75) is 32.7 Å². The second-order valence-corrected chi connectivity index (χ2v) is 6.92. The van der Waals surface area contributed by atoms with Crippen molar-refractivity contribution in [2.24, 2.45) is 5.92 Å².